The van der Waals surface area contributed by atoms with E-state index in [4.69, 9.17) is 5.73 Å². The highest BCUT2D eigenvalue weighted by molar-refractivity contribution is 6.35. The Morgan fingerprint density at radius 3 is 2.57 bits per heavy atom. The summed E-state index contributed by atoms with van der Waals surface area (Å²) in [5, 5.41) is 2.47. The van der Waals surface area contributed by atoms with Crippen LogP contribution >= 0.6 is 0 Å². The summed E-state index contributed by atoms with van der Waals surface area (Å²) in [5.41, 5.74) is 7.06. The Labute approximate surface area is 82.1 Å². The molecule has 0 fully saturated rings. The number of anilines is 1. The van der Waals surface area contributed by atoms with Crippen LogP contribution < -0.4 is 11.1 Å². The van der Waals surface area contributed by atoms with Gasteiger partial charge in [-0.05, 0) is 11.6 Å². The Kier molecular flexibility index (Phi) is 3.23. The average Bonchev–Trinajstić information content (AvgIpc) is 2.16. The number of nitrogens with one attached hydrogen (secondary N) is 1. The van der Waals surface area contributed by atoms with E-state index < -0.39 is 11.7 Å². The van der Waals surface area contributed by atoms with Crippen molar-refractivity contribution >= 4 is 17.4 Å². The number of rotatable bonds is 3. The van der Waals surface area contributed by atoms with Gasteiger partial charge in [0.1, 0.15) is 0 Å². The molecule has 14 heavy (non-hydrogen) atoms. The van der Waals surface area contributed by atoms with E-state index in [9.17, 15) is 9.59 Å². The molecular weight excluding hydrogens is 180 g/mol. The number of hydrogen-bond donors (Lipinski definition) is 2. The maximum absolute atomic E-state index is 10.9. The zero-order chi connectivity index (χ0) is 10.6. The molecule has 0 radical (unpaired) electrons. The lowest BCUT2D eigenvalue weighted by molar-refractivity contribution is -0.136. The van der Waals surface area contributed by atoms with Gasteiger partial charge in [0.05, 0.1) is 0 Å². The lowest BCUT2D eigenvalue weighted by Crippen LogP contribution is -2.28. The van der Waals surface area contributed by atoms with Gasteiger partial charge in [0.2, 0.25) is 5.78 Å². The van der Waals surface area contributed by atoms with Crippen LogP contribution in [0.4, 0.5) is 5.69 Å². The van der Waals surface area contributed by atoms with Crippen LogP contribution in [0.1, 0.15) is 12.5 Å². The number of hydrogen-bond acceptors (Lipinski definition) is 3. The number of Topliss-reactive ketones (excluding diaryl/α,β-unsaturated/α-hetero) is 1. The highest BCUT2D eigenvalue weighted by Crippen LogP contribution is 2.09. The molecule has 4 nitrogen and oxygen atoms in total. The van der Waals surface area contributed by atoms with E-state index in [1.54, 1.807) is 12.1 Å². The van der Waals surface area contributed by atoms with Crippen molar-refractivity contribution in [2.24, 2.45) is 0 Å². The lowest BCUT2D eigenvalue weighted by Gasteiger charge is -2.05. The molecule has 0 bridgehead atoms. The van der Waals surface area contributed by atoms with Gasteiger partial charge in [-0.1, -0.05) is 18.2 Å². The minimum atomic E-state index is -0.590. The molecule has 74 valence electrons. The number of nitrogens with two attached hydrogens (primary N) is 1. The summed E-state index contributed by atoms with van der Waals surface area (Å²) in [6.45, 7) is 1.51. The van der Waals surface area contributed by atoms with Gasteiger partial charge in [-0.2, -0.15) is 0 Å². The summed E-state index contributed by atoms with van der Waals surface area (Å²) in [4.78, 5) is 21.5. The molecule has 1 aromatic rings. The van der Waals surface area contributed by atoms with Gasteiger partial charge in [0.25, 0.3) is 5.91 Å². The Bertz CT molecular complexity index is 361. The van der Waals surface area contributed by atoms with Crippen LogP contribution in [0.2, 0.25) is 0 Å². The Morgan fingerprint density at radius 2 is 2.00 bits per heavy atom. The number of amides is 1. The summed E-state index contributed by atoms with van der Waals surface area (Å²) in [5.74, 6) is -1.09. The van der Waals surface area contributed by atoms with Crippen LogP contribution in [0.15, 0.2) is 24.3 Å². The Hall–Kier alpha value is -1.84. The van der Waals surface area contributed by atoms with Gasteiger partial charge < -0.3 is 11.1 Å². The largest absolute Gasteiger partial charge is 0.398 e. The van der Waals surface area contributed by atoms with E-state index in [1.807, 2.05) is 12.1 Å². The fraction of sp³-hybridized carbons (Fsp3) is 0.200. The molecule has 3 N–H and O–H groups in total. The zero-order valence-electron chi connectivity index (χ0n) is 7.91. The first-order valence-electron chi connectivity index (χ1n) is 4.23. The van der Waals surface area contributed by atoms with Gasteiger partial charge in [-0.3, -0.25) is 9.59 Å². The van der Waals surface area contributed by atoms with Crippen molar-refractivity contribution in [1.29, 1.82) is 0 Å². The fourth-order valence-corrected chi connectivity index (χ4v) is 0.995. The summed E-state index contributed by atoms with van der Waals surface area (Å²) in [6, 6.07) is 7.18. The third kappa shape index (κ3) is 2.58. The molecule has 0 atom stereocenters. The fourth-order valence-electron chi connectivity index (χ4n) is 0.995. The first-order valence-corrected chi connectivity index (χ1v) is 4.23. The van der Waals surface area contributed by atoms with Crippen LogP contribution in [0.5, 0.6) is 0 Å². The van der Waals surface area contributed by atoms with Crippen molar-refractivity contribution in [3.05, 3.63) is 29.8 Å². The minimum absolute atomic E-state index is 0.283. The molecule has 0 saturated heterocycles. The highest BCUT2D eigenvalue weighted by Gasteiger charge is 2.06. The molecule has 4 heteroatoms. The summed E-state index contributed by atoms with van der Waals surface area (Å²) in [6.07, 6.45) is 0. The number of benzene rings is 1. The predicted octanol–water partition coefficient (Wildman–Crippen LogP) is 0.474. The van der Waals surface area contributed by atoms with Gasteiger partial charge >= 0.3 is 0 Å². The highest BCUT2D eigenvalue weighted by atomic mass is 16.2. The lowest BCUT2D eigenvalue weighted by atomic mass is 10.2. The molecule has 0 unspecified atom stereocenters. The summed E-state index contributed by atoms with van der Waals surface area (Å²) in [7, 11) is 0. The van der Waals surface area contributed by atoms with Crippen LogP contribution in [0.25, 0.3) is 0 Å². The normalized spacial score (nSPS) is 9.50. The number of carbonyl (C=O) groups excluding carboxylic acids is 2. The molecule has 0 aliphatic heterocycles. The van der Waals surface area contributed by atoms with Crippen LogP contribution in [0, 0.1) is 0 Å². The van der Waals surface area contributed by atoms with Gasteiger partial charge in [-0.15, -0.1) is 0 Å². The van der Waals surface area contributed by atoms with Crippen LogP contribution in [0.3, 0.4) is 0 Å². The maximum Gasteiger partial charge on any atom is 0.287 e. The molecule has 0 aliphatic carbocycles. The SMILES string of the molecule is CC(=O)C(=O)NCc1ccccc1N. The van der Waals surface area contributed by atoms with Gasteiger partial charge in [0, 0.05) is 19.2 Å². The molecule has 0 saturated carbocycles. The molecule has 0 heterocycles. The Balaban J connectivity index is 2.58. The standard InChI is InChI=1S/C10H12N2O2/c1-7(13)10(14)12-6-8-4-2-3-5-9(8)11/h2-5H,6,11H2,1H3,(H,12,14). The average molecular weight is 192 g/mol. The molecule has 0 aliphatic rings. The first-order chi connectivity index (χ1) is 6.61. The molecule has 0 aromatic heterocycles. The second-order valence-corrected chi connectivity index (χ2v) is 2.94. The number of ketones is 1. The van der Waals surface area contributed by atoms with E-state index in [-0.39, 0.29) is 6.54 Å². The summed E-state index contributed by atoms with van der Waals surface area (Å²) < 4.78 is 0. The third-order valence-electron chi connectivity index (χ3n) is 1.81. The number of carbonyl (C=O) groups is 2. The van der Waals surface area contributed by atoms with Crippen molar-refractivity contribution < 1.29 is 9.59 Å². The second kappa shape index (κ2) is 4.41. The van der Waals surface area contributed by atoms with E-state index in [2.05, 4.69) is 5.32 Å². The molecule has 0 spiro atoms. The van der Waals surface area contributed by atoms with Crippen molar-refractivity contribution in [3.63, 3.8) is 0 Å². The van der Waals surface area contributed by atoms with E-state index >= 15 is 0 Å². The summed E-state index contributed by atoms with van der Waals surface area (Å²) >= 11 is 0. The van der Waals surface area contributed by atoms with E-state index in [0.717, 1.165) is 5.56 Å². The molecule has 1 amide bonds. The van der Waals surface area contributed by atoms with E-state index in [1.165, 1.54) is 6.92 Å². The molecule has 1 aromatic carbocycles. The van der Waals surface area contributed by atoms with Crippen LogP contribution in [-0.2, 0) is 16.1 Å². The minimum Gasteiger partial charge on any atom is -0.398 e. The molecular formula is C10H12N2O2. The second-order valence-electron chi connectivity index (χ2n) is 2.94. The quantitative estimate of drug-likeness (QED) is 0.540. The van der Waals surface area contributed by atoms with Crippen molar-refractivity contribution in [2.75, 3.05) is 5.73 Å². The zero-order valence-corrected chi connectivity index (χ0v) is 7.91. The monoisotopic (exact) mass is 192 g/mol. The smallest absolute Gasteiger partial charge is 0.287 e. The van der Waals surface area contributed by atoms with Crippen molar-refractivity contribution in [1.82, 2.24) is 5.32 Å². The van der Waals surface area contributed by atoms with E-state index in [0.29, 0.717) is 5.69 Å². The Morgan fingerprint density at radius 1 is 1.36 bits per heavy atom. The third-order valence-corrected chi connectivity index (χ3v) is 1.81. The predicted molar refractivity (Wildman–Crippen MR) is 53.4 cm³/mol. The van der Waals surface area contributed by atoms with Crippen LogP contribution in [-0.4, -0.2) is 11.7 Å². The number of para-hydroxylation sites is 1. The number of nitrogen functional groups attached to an aromatic ring is 1. The first kappa shape index (κ1) is 10.2. The molecule has 1 rings (SSSR count). The topological polar surface area (TPSA) is 72.2 Å². The van der Waals surface area contributed by atoms with Gasteiger partial charge in [0.15, 0.2) is 0 Å². The van der Waals surface area contributed by atoms with Crippen molar-refractivity contribution in [2.45, 2.75) is 13.5 Å². The van der Waals surface area contributed by atoms with Crippen molar-refractivity contribution in [3.8, 4) is 0 Å². The maximum atomic E-state index is 10.9. The van der Waals surface area contributed by atoms with Gasteiger partial charge in [-0.25, -0.2) is 0 Å².